The molecule has 1 fully saturated rings. The Morgan fingerprint density at radius 1 is 1.14 bits per heavy atom. The average Bonchev–Trinajstić information content (AvgIpc) is 2.86. The fourth-order valence-corrected chi connectivity index (χ4v) is 5.75. The van der Waals surface area contributed by atoms with Crippen LogP contribution in [0.5, 0.6) is 5.75 Å². The van der Waals surface area contributed by atoms with Crippen molar-refractivity contribution in [3.05, 3.63) is 47.5 Å². The van der Waals surface area contributed by atoms with E-state index in [1.165, 1.54) is 10.4 Å². The predicted octanol–water partition coefficient (Wildman–Crippen LogP) is 4.48. The molecule has 1 aliphatic heterocycles. The zero-order valence-electron chi connectivity index (χ0n) is 20.9. The molecule has 0 saturated carbocycles. The average molecular weight is 499 g/mol. The first-order chi connectivity index (χ1) is 16.7. The number of ether oxygens (including phenoxy) is 1. The lowest BCUT2D eigenvalue weighted by Gasteiger charge is -2.33. The number of sulfonamides is 1. The Morgan fingerprint density at radius 3 is 2.43 bits per heavy atom. The summed E-state index contributed by atoms with van der Waals surface area (Å²) in [6.07, 6.45) is 2.00. The van der Waals surface area contributed by atoms with E-state index < -0.39 is 15.9 Å². The Labute approximate surface area is 208 Å². The lowest BCUT2D eigenvalue weighted by Crippen LogP contribution is -2.35. The van der Waals surface area contributed by atoms with Crippen molar-refractivity contribution in [3.63, 3.8) is 0 Å². The molecule has 0 aliphatic carbocycles. The van der Waals surface area contributed by atoms with Crippen molar-refractivity contribution in [1.82, 2.24) is 4.31 Å². The molecule has 0 unspecified atom stereocenters. The number of hydrogen-bond donors (Lipinski definition) is 1. The Bertz CT molecular complexity index is 1190. The highest BCUT2D eigenvalue weighted by Gasteiger charge is 2.27. The topological polar surface area (TPSA) is 103 Å². The number of piperidine rings is 1. The van der Waals surface area contributed by atoms with Crippen molar-refractivity contribution in [1.29, 1.82) is 5.26 Å². The molecule has 8 nitrogen and oxygen atoms in total. The molecule has 1 heterocycles. The highest BCUT2D eigenvalue weighted by atomic mass is 32.2. The minimum absolute atomic E-state index is 0.0799. The molecule has 0 atom stereocenters. The van der Waals surface area contributed by atoms with Crippen molar-refractivity contribution in [3.8, 4) is 11.8 Å². The van der Waals surface area contributed by atoms with Gasteiger partial charge in [-0.05, 0) is 62.1 Å². The Hall–Kier alpha value is -3.09. The number of carbonyl (C=O) groups is 1. The summed E-state index contributed by atoms with van der Waals surface area (Å²) in [5.41, 5.74) is 1.72. The Kier molecular flexibility index (Phi) is 8.76. The van der Waals surface area contributed by atoms with Crippen LogP contribution in [0.3, 0.4) is 0 Å². The van der Waals surface area contributed by atoms with Crippen LogP contribution >= 0.6 is 0 Å². The first kappa shape index (κ1) is 26.5. The Balaban J connectivity index is 2.07. The maximum absolute atomic E-state index is 13.6. The van der Waals surface area contributed by atoms with E-state index in [4.69, 9.17) is 4.74 Å². The fourth-order valence-electron chi connectivity index (χ4n) is 4.26. The lowest BCUT2D eigenvalue weighted by molar-refractivity contribution is 0.102. The van der Waals surface area contributed by atoms with Crippen LogP contribution in [-0.2, 0) is 10.0 Å². The molecule has 188 valence electrons. The first-order valence-electron chi connectivity index (χ1n) is 12.1. The van der Waals surface area contributed by atoms with E-state index in [2.05, 4.69) is 23.2 Å². The van der Waals surface area contributed by atoms with E-state index in [9.17, 15) is 18.5 Å². The van der Waals surface area contributed by atoms with Gasteiger partial charge in [0.05, 0.1) is 34.4 Å². The van der Waals surface area contributed by atoms with Crippen LogP contribution in [0.4, 0.5) is 11.4 Å². The van der Waals surface area contributed by atoms with Gasteiger partial charge in [-0.1, -0.05) is 20.8 Å². The highest BCUT2D eigenvalue weighted by molar-refractivity contribution is 7.89. The van der Waals surface area contributed by atoms with Gasteiger partial charge < -0.3 is 15.0 Å². The van der Waals surface area contributed by atoms with Crippen LogP contribution < -0.4 is 15.0 Å². The third kappa shape index (κ3) is 5.95. The van der Waals surface area contributed by atoms with Gasteiger partial charge in [0.2, 0.25) is 10.0 Å². The normalized spacial score (nSPS) is 14.6. The minimum atomic E-state index is -3.75. The van der Waals surface area contributed by atoms with Gasteiger partial charge in [0.1, 0.15) is 5.75 Å². The maximum atomic E-state index is 13.6. The van der Waals surface area contributed by atoms with E-state index in [0.717, 1.165) is 25.9 Å². The second-order valence-corrected chi connectivity index (χ2v) is 10.6. The van der Waals surface area contributed by atoms with E-state index in [1.807, 2.05) is 6.92 Å². The van der Waals surface area contributed by atoms with Crippen molar-refractivity contribution in [2.24, 2.45) is 5.92 Å². The number of hydrogen-bond acceptors (Lipinski definition) is 6. The van der Waals surface area contributed by atoms with Crippen molar-refractivity contribution in [2.45, 2.75) is 45.4 Å². The second-order valence-electron chi connectivity index (χ2n) is 8.65. The lowest BCUT2D eigenvalue weighted by atomic mass is 9.98. The van der Waals surface area contributed by atoms with Crippen LogP contribution in [0.25, 0.3) is 0 Å². The standard InChI is InChI=1S/C26H34N4O4S/c1-5-30(6-2)35(32,33)21-9-10-24(29-14-12-19(4)13-15-29)22(17-21)26(31)28-23-16-20(18-27)8-11-25(23)34-7-3/h8-11,16-17,19H,5-7,12-15H2,1-4H3,(H,28,31). The molecular weight excluding hydrogens is 464 g/mol. The van der Waals surface area contributed by atoms with Gasteiger partial charge in [-0.3, -0.25) is 4.79 Å². The van der Waals surface area contributed by atoms with Crippen molar-refractivity contribution < 1.29 is 17.9 Å². The summed E-state index contributed by atoms with van der Waals surface area (Å²) in [6.45, 7) is 10.3. The van der Waals surface area contributed by atoms with Crippen molar-refractivity contribution in [2.75, 3.05) is 43.0 Å². The highest BCUT2D eigenvalue weighted by Crippen LogP contribution is 2.32. The molecule has 0 spiro atoms. The molecule has 1 N–H and O–H groups in total. The quantitative estimate of drug-likeness (QED) is 0.547. The SMILES string of the molecule is CCOc1ccc(C#N)cc1NC(=O)c1cc(S(=O)(=O)N(CC)CC)ccc1N1CCC(C)CC1. The molecule has 1 amide bonds. The second kappa shape index (κ2) is 11.6. The number of carbonyl (C=O) groups excluding carboxylic acids is 1. The van der Waals surface area contributed by atoms with E-state index in [-0.39, 0.29) is 10.5 Å². The molecule has 0 bridgehead atoms. The van der Waals surface area contributed by atoms with Crippen LogP contribution in [0.15, 0.2) is 41.3 Å². The largest absolute Gasteiger partial charge is 0.492 e. The van der Waals surface area contributed by atoms with E-state index >= 15 is 0 Å². The van der Waals surface area contributed by atoms with Crippen LogP contribution in [-0.4, -0.2) is 51.4 Å². The number of rotatable bonds is 9. The molecule has 2 aromatic carbocycles. The number of benzene rings is 2. The third-order valence-corrected chi connectivity index (χ3v) is 8.38. The smallest absolute Gasteiger partial charge is 0.257 e. The number of amides is 1. The monoisotopic (exact) mass is 498 g/mol. The summed E-state index contributed by atoms with van der Waals surface area (Å²) in [5, 5.41) is 12.2. The molecule has 1 aliphatic rings. The molecule has 2 aromatic rings. The van der Waals surface area contributed by atoms with Gasteiger partial charge in [0, 0.05) is 31.9 Å². The van der Waals surface area contributed by atoms with Crippen LogP contribution in [0.1, 0.15) is 56.5 Å². The summed E-state index contributed by atoms with van der Waals surface area (Å²) in [5.74, 6) is 0.597. The summed E-state index contributed by atoms with van der Waals surface area (Å²) < 4.78 is 33.4. The molecular formula is C26H34N4O4S. The first-order valence-corrected chi connectivity index (χ1v) is 13.6. The number of nitrogens with zero attached hydrogens (tertiary/aromatic N) is 3. The Morgan fingerprint density at radius 2 is 1.83 bits per heavy atom. The molecule has 9 heteroatoms. The summed E-state index contributed by atoms with van der Waals surface area (Å²) in [6, 6.07) is 11.7. The summed E-state index contributed by atoms with van der Waals surface area (Å²) >= 11 is 0. The van der Waals surface area contributed by atoms with Gasteiger partial charge in [0.25, 0.3) is 5.91 Å². The van der Waals surface area contributed by atoms with Crippen molar-refractivity contribution >= 4 is 27.3 Å². The summed E-state index contributed by atoms with van der Waals surface area (Å²) in [7, 11) is -3.75. The number of nitriles is 1. The van der Waals surface area contributed by atoms with Gasteiger partial charge in [-0.2, -0.15) is 9.57 Å². The summed E-state index contributed by atoms with van der Waals surface area (Å²) in [4.78, 5) is 15.8. The maximum Gasteiger partial charge on any atom is 0.257 e. The molecule has 0 aromatic heterocycles. The minimum Gasteiger partial charge on any atom is -0.492 e. The number of nitrogens with one attached hydrogen (secondary N) is 1. The number of anilines is 2. The molecule has 0 radical (unpaired) electrons. The fraction of sp³-hybridized carbons (Fsp3) is 0.462. The van der Waals surface area contributed by atoms with Gasteiger partial charge in [-0.15, -0.1) is 0 Å². The third-order valence-electron chi connectivity index (χ3n) is 6.34. The van der Waals surface area contributed by atoms with E-state index in [0.29, 0.717) is 48.3 Å². The van der Waals surface area contributed by atoms with Crippen LogP contribution in [0, 0.1) is 17.2 Å². The predicted molar refractivity (Wildman–Crippen MR) is 137 cm³/mol. The van der Waals surface area contributed by atoms with Gasteiger partial charge in [0.15, 0.2) is 0 Å². The zero-order valence-corrected chi connectivity index (χ0v) is 21.7. The molecule has 1 saturated heterocycles. The van der Waals surface area contributed by atoms with E-state index in [1.54, 1.807) is 44.2 Å². The molecule has 3 rings (SSSR count). The van der Waals surface area contributed by atoms with Gasteiger partial charge in [-0.25, -0.2) is 8.42 Å². The van der Waals surface area contributed by atoms with Gasteiger partial charge >= 0.3 is 0 Å². The zero-order chi connectivity index (χ0) is 25.6. The molecule has 35 heavy (non-hydrogen) atoms. The van der Waals surface area contributed by atoms with Crippen LogP contribution in [0.2, 0.25) is 0 Å².